The fourth-order valence-corrected chi connectivity index (χ4v) is 2.49. The highest BCUT2D eigenvalue weighted by Crippen LogP contribution is 2.19. The normalized spacial score (nSPS) is 10.4. The van der Waals surface area contributed by atoms with Gasteiger partial charge in [-0.3, -0.25) is 4.79 Å². The standard InChI is InChI=1S/C20H18F2N4O2/c1-28-15-4-2-3-13(11-15)9-10-23-20(27)18-7-8-19(26-25-18)24-17-6-5-14(21)12-16(17)22/h2-8,11-12H,9-10H2,1H3,(H,23,27)(H,24,26). The largest absolute Gasteiger partial charge is 0.497 e. The SMILES string of the molecule is COc1cccc(CCNC(=O)c2ccc(Nc3ccc(F)cc3F)nn2)c1. The number of anilines is 2. The van der Waals surface area contributed by atoms with Crippen molar-refractivity contribution in [2.24, 2.45) is 0 Å². The monoisotopic (exact) mass is 384 g/mol. The summed E-state index contributed by atoms with van der Waals surface area (Å²) in [5, 5.41) is 13.1. The maximum Gasteiger partial charge on any atom is 0.271 e. The first-order chi connectivity index (χ1) is 13.5. The second-order valence-electron chi connectivity index (χ2n) is 5.91. The Morgan fingerprint density at radius 2 is 1.93 bits per heavy atom. The third kappa shape index (κ3) is 5.00. The van der Waals surface area contributed by atoms with Gasteiger partial charge in [0.25, 0.3) is 5.91 Å². The summed E-state index contributed by atoms with van der Waals surface area (Å²) in [4.78, 5) is 12.2. The van der Waals surface area contributed by atoms with E-state index in [0.717, 1.165) is 23.4 Å². The number of ether oxygens (including phenoxy) is 1. The van der Waals surface area contributed by atoms with Crippen LogP contribution >= 0.6 is 0 Å². The van der Waals surface area contributed by atoms with E-state index in [1.807, 2.05) is 24.3 Å². The molecule has 2 aromatic carbocycles. The van der Waals surface area contributed by atoms with Crippen molar-refractivity contribution < 1.29 is 18.3 Å². The molecule has 0 bridgehead atoms. The molecular weight excluding hydrogens is 366 g/mol. The van der Waals surface area contributed by atoms with Gasteiger partial charge in [0.15, 0.2) is 11.5 Å². The minimum absolute atomic E-state index is 0.0613. The molecule has 0 atom stereocenters. The molecule has 0 unspecified atom stereocenters. The van der Waals surface area contributed by atoms with Gasteiger partial charge in [0.05, 0.1) is 12.8 Å². The molecule has 8 heteroatoms. The summed E-state index contributed by atoms with van der Waals surface area (Å²) in [7, 11) is 1.60. The number of carbonyl (C=O) groups is 1. The van der Waals surface area contributed by atoms with Crippen molar-refractivity contribution in [3.8, 4) is 5.75 Å². The number of hydrogen-bond donors (Lipinski definition) is 2. The Balaban J connectivity index is 1.54. The van der Waals surface area contributed by atoms with Crippen LogP contribution in [-0.4, -0.2) is 29.8 Å². The molecule has 0 saturated heterocycles. The van der Waals surface area contributed by atoms with E-state index in [9.17, 15) is 13.6 Å². The molecule has 1 heterocycles. The number of rotatable bonds is 7. The van der Waals surface area contributed by atoms with E-state index in [1.165, 1.54) is 18.2 Å². The lowest BCUT2D eigenvalue weighted by Crippen LogP contribution is -2.26. The molecule has 144 valence electrons. The molecule has 0 saturated carbocycles. The Morgan fingerprint density at radius 1 is 1.07 bits per heavy atom. The van der Waals surface area contributed by atoms with Crippen molar-refractivity contribution >= 4 is 17.4 Å². The highest BCUT2D eigenvalue weighted by molar-refractivity contribution is 5.92. The van der Waals surface area contributed by atoms with E-state index in [4.69, 9.17) is 4.74 Å². The van der Waals surface area contributed by atoms with Crippen molar-refractivity contribution in [2.75, 3.05) is 19.0 Å². The molecule has 0 radical (unpaired) electrons. The third-order valence-electron chi connectivity index (χ3n) is 3.92. The Hall–Kier alpha value is -3.55. The number of aromatic nitrogens is 2. The lowest BCUT2D eigenvalue weighted by atomic mass is 10.1. The van der Waals surface area contributed by atoms with Crippen molar-refractivity contribution in [2.45, 2.75) is 6.42 Å². The topological polar surface area (TPSA) is 76.1 Å². The summed E-state index contributed by atoms with van der Waals surface area (Å²) in [5.74, 6) is -0.792. The van der Waals surface area contributed by atoms with Crippen LogP contribution in [0.5, 0.6) is 5.75 Å². The maximum absolute atomic E-state index is 13.6. The fraction of sp³-hybridized carbons (Fsp3) is 0.150. The van der Waals surface area contributed by atoms with Crippen molar-refractivity contribution in [1.82, 2.24) is 15.5 Å². The zero-order chi connectivity index (χ0) is 19.9. The van der Waals surface area contributed by atoms with Crippen LogP contribution in [0.2, 0.25) is 0 Å². The first kappa shape index (κ1) is 19.2. The number of amides is 1. The first-order valence-corrected chi connectivity index (χ1v) is 8.52. The molecule has 3 aromatic rings. The second-order valence-corrected chi connectivity index (χ2v) is 5.91. The number of nitrogens with zero attached hydrogens (tertiary/aromatic N) is 2. The smallest absolute Gasteiger partial charge is 0.271 e. The summed E-state index contributed by atoms with van der Waals surface area (Å²) in [6.45, 7) is 0.425. The van der Waals surface area contributed by atoms with Gasteiger partial charge in [-0.15, -0.1) is 10.2 Å². The van der Waals surface area contributed by atoms with E-state index in [2.05, 4.69) is 20.8 Å². The van der Waals surface area contributed by atoms with Gasteiger partial charge in [-0.2, -0.15) is 0 Å². The average Bonchev–Trinajstić information content (AvgIpc) is 2.71. The van der Waals surface area contributed by atoms with Crippen LogP contribution in [0.4, 0.5) is 20.3 Å². The van der Waals surface area contributed by atoms with Gasteiger partial charge in [0.1, 0.15) is 17.4 Å². The van der Waals surface area contributed by atoms with E-state index in [-0.39, 0.29) is 23.1 Å². The second kappa shape index (κ2) is 8.90. The molecule has 0 spiro atoms. The maximum atomic E-state index is 13.6. The number of methoxy groups -OCH3 is 1. The van der Waals surface area contributed by atoms with Gasteiger partial charge in [-0.05, 0) is 48.4 Å². The Morgan fingerprint density at radius 3 is 2.64 bits per heavy atom. The van der Waals surface area contributed by atoms with E-state index in [1.54, 1.807) is 7.11 Å². The molecule has 0 aliphatic rings. The minimum Gasteiger partial charge on any atom is -0.497 e. The summed E-state index contributed by atoms with van der Waals surface area (Å²) in [6.07, 6.45) is 0.639. The summed E-state index contributed by atoms with van der Waals surface area (Å²) >= 11 is 0. The molecule has 2 N–H and O–H groups in total. The number of carbonyl (C=O) groups excluding carboxylic acids is 1. The Bertz CT molecular complexity index is 965. The summed E-state index contributed by atoms with van der Waals surface area (Å²) in [6, 6.07) is 13.7. The molecule has 0 fully saturated rings. The van der Waals surface area contributed by atoms with Gasteiger partial charge in [-0.1, -0.05) is 12.1 Å². The molecule has 28 heavy (non-hydrogen) atoms. The molecule has 0 aliphatic heterocycles. The van der Waals surface area contributed by atoms with E-state index >= 15 is 0 Å². The third-order valence-corrected chi connectivity index (χ3v) is 3.92. The number of nitrogens with one attached hydrogen (secondary N) is 2. The quantitative estimate of drug-likeness (QED) is 0.652. The minimum atomic E-state index is -0.749. The van der Waals surface area contributed by atoms with Crippen LogP contribution in [-0.2, 0) is 6.42 Å². The zero-order valence-corrected chi connectivity index (χ0v) is 15.1. The van der Waals surface area contributed by atoms with Crippen LogP contribution in [0, 0.1) is 11.6 Å². The average molecular weight is 384 g/mol. The first-order valence-electron chi connectivity index (χ1n) is 8.52. The van der Waals surface area contributed by atoms with Crippen LogP contribution in [0.15, 0.2) is 54.6 Å². The summed E-state index contributed by atoms with van der Waals surface area (Å²) < 4.78 is 31.7. The van der Waals surface area contributed by atoms with E-state index < -0.39 is 11.6 Å². The van der Waals surface area contributed by atoms with Gasteiger partial charge in [-0.25, -0.2) is 8.78 Å². The molecular formula is C20H18F2N4O2. The summed E-state index contributed by atoms with van der Waals surface area (Å²) in [5.41, 5.74) is 1.23. The zero-order valence-electron chi connectivity index (χ0n) is 15.1. The van der Waals surface area contributed by atoms with Gasteiger partial charge < -0.3 is 15.4 Å². The van der Waals surface area contributed by atoms with Gasteiger partial charge in [0.2, 0.25) is 0 Å². The van der Waals surface area contributed by atoms with Crippen LogP contribution < -0.4 is 15.4 Å². The van der Waals surface area contributed by atoms with Crippen molar-refractivity contribution in [1.29, 1.82) is 0 Å². The molecule has 1 aromatic heterocycles. The molecule has 6 nitrogen and oxygen atoms in total. The Labute approximate surface area is 160 Å². The van der Waals surface area contributed by atoms with E-state index in [0.29, 0.717) is 13.0 Å². The Kier molecular flexibility index (Phi) is 6.11. The number of hydrogen-bond acceptors (Lipinski definition) is 5. The lowest BCUT2D eigenvalue weighted by Gasteiger charge is -2.08. The predicted octanol–water partition coefficient (Wildman–Crippen LogP) is 3.48. The van der Waals surface area contributed by atoms with Crippen molar-refractivity contribution in [3.63, 3.8) is 0 Å². The highest BCUT2D eigenvalue weighted by atomic mass is 19.1. The van der Waals surface area contributed by atoms with Crippen molar-refractivity contribution in [3.05, 3.63) is 77.5 Å². The molecule has 0 aliphatic carbocycles. The number of halogens is 2. The van der Waals surface area contributed by atoms with Gasteiger partial charge >= 0.3 is 0 Å². The lowest BCUT2D eigenvalue weighted by molar-refractivity contribution is 0.0948. The molecule has 1 amide bonds. The predicted molar refractivity (Wildman–Crippen MR) is 101 cm³/mol. The van der Waals surface area contributed by atoms with Gasteiger partial charge in [0, 0.05) is 12.6 Å². The van der Waals surface area contributed by atoms with Crippen LogP contribution in [0.1, 0.15) is 16.1 Å². The van der Waals surface area contributed by atoms with Crippen LogP contribution in [0.25, 0.3) is 0 Å². The van der Waals surface area contributed by atoms with Crippen LogP contribution in [0.3, 0.4) is 0 Å². The molecule has 3 rings (SSSR count). The highest BCUT2D eigenvalue weighted by Gasteiger charge is 2.09. The number of benzene rings is 2. The fourth-order valence-electron chi connectivity index (χ4n) is 2.49.